The number of hydrogen-bond donors (Lipinski definition) is 2. The average molecular weight is 279 g/mol. The van der Waals surface area contributed by atoms with Crippen LogP contribution in [0.1, 0.15) is 48.0 Å². The first-order valence-corrected chi connectivity index (χ1v) is 6.77. The molecule has 0 unspecified atom stereocenters. The summed E-state index contributed by atoms with van der Waals surface area (Å²) in [6.45, 7) is 1.73. The minimum atomic E-state index is -1.26. The van der Waals surface area contributed by atoms with Gasteiger partial charge in [0.15, 0.2) is 0 Å². The van der Waals surface area contributed by atoms with Crippen molar-refractivity contribution < 1.29 is 19.1 Å². The van der Waals surface area contributed by atoms with Crippen molar-refractivity contribution in [3.05, 3.63) is 35.1 Å². The summed E-state index contributed by atoms with van der Waals surface area (Å²) in [5.41, 5.74) is -0.654. The number of carbonyl (C=O) groups is 2. The lowest BCUT2D eigenvalue weighted by Gasteiger charge is -2.34. The van der Waals surface area contributed by atoms with Crippen molar-refractivity contribution in [3.63, 3.8) is 0 Å². The average Bonchev–Trinajstić information content (AvgIpc) is 2.39. The van der Waals surface area contributed by atoms with Crippen LogP contribution in [0, 0.1) is 12.7 Å². The number of halogens is 1. The molecule has 1 amide bonds. The van der Waals surface area contributed by atoms with Crippen molar-refractivity contribution in [3.8, 4) is 0 Å². The Kier molecular flexibility index (Phi) is 4.06. The summed E-state index contributed by atoms with van der Waals surface area (Å²) in [4.78, 5) is 23.6. The molecule has 0 saturated heterocycles. The van der Waals surface area contributed by atoms with E-state index in [0.717, 1.165) is 19.3 Å². The molecule has 20 heavy (non-hydrogen) atoms. The van der Waals surface area contributed by atoms with Gasteiger partial charge in [-0.05, 0) is 37.5 Å². The molecule has 108 valence electrons. The molecule has 0 radical (unpaired) electrons. The number of carboxylic acid groups (broad SMARTS) is 1. The van der Waals surface area contributed by atoms with Gasteiger partial charge in [-0.1, -0.05) is 25.3 Å². The lowest BCUT2D eigenvalue weighted by atomic mass is 9.81. The first-order chi connectivity index (χ1) is 9.44. The highest BCUT2D eigenvalue weighted by Gasteiger charge is 2.41. The second kappa shape index (κ2) is 5.61. The second-order valence-electron chi connectivity index (χ2n) is 5.39. The number of aliphatic carboxylic acids is 1. The van der Waals surface area contributed by atoms with Gasteiger partial charge in [0, 0.05) is 0 Å². The van der Waals surface area contributed by atoms with Crippen molar-refractivity contribution in [2.45, 2.75) is 44.6 Å². The molecule has 0 bridgehead atoms. The van der Waals surface area contributed by atoms with Gasteiger partial charge >= 0.3 is 5.97 Å². The molecule has 1 aliphatic rings. The number of amides is 1. The lowest BCUT2D eigenvalue weighted by Crippen LogP contribution is -2.55. The molecular formula is C15H18FNO3. The SMILES string of the molecule is Cc1ccc(C(=O)NC2(C(=O)O)CCCCC2)c(F)c1. The molecule has 2 N–H and O–H groups in total. The Morgan fingerprint density at radius 2 is 1.90 bits per heavy atom. The Bertz CT molecular complexity index is 536. The first-order valence-electron chi connectivity index (χ1n) is 6.77. The van der Waals surface area contributed by atoms with Gasteiger partial charge in [-0.25, -0.2) is 9.18 Å². The van der Waals surface area contributed by atoms with E-state index in [2.05, 4.69) is 5.32 Å². The van der Waals surface area contributed by atoms with E-state index in [1.54, 1.807) is 13.0 Å². The van der Waals surface area contributed by atoms with Crippen LogP contribution in [0.3, 0.4) is 0 Å². The third kappa shape index (κ3) is 2.81. The molecule has 1 fully saturated rings. The molecule has 0 atom stereocenters. The maximum Gasteiger partial charge on any atom is 0.329 e. The van der Waals surface area contributed by atoms with E-state index in [1.165, 1.54) is 12.1 Å². The standard InChI is InChI=1S/C15H18FNO3/c1-10-5-6-11(12(16)9-10)13(18)17-15(14(19)20)7-3-2-4-8-15/h5-6,9H,2-4,7-8H2,1H3,(H,17,18)(H,19,20). The fourth-order valence-corrected chi connectivity index (χ4v) is 2.64. The van der Waals surface area contributed by atoms with E-state index in [-0.39, 0.29) is 5.56 Å². The molecule has 5 heteroatoms. The first kappa shape index (κ1) is 14.5. The third-order valence-electron chi connectivity index (χ3n) is 3.84. The van der Waals surface area contributed by atoms with E-state index in [0.29, 0.717) is 18.4 Å². The molecule has 1 aromatic carbocycles. The largest absolute Gasteiger partial charge is 0.480 e. The van der Waals surface area contributed by atoms with Crippen LogP contribution < -0.4 is 5.32 Å². The molecule has 0 heterocycles. The number of carboxylic acids is 1. The van der Waals surface area contributed by atoms with Crippen molar-refractivity contribution in [2.24, 2.45) is 0 Å². The fourth-order valence-electron chi connectivity index (χ4n) is 2.64. The van der Waals surface area contributed by atoms with Gasteiger partial charge in [0.2, 0.25) is 0 Å². The van der Waals surface area contributed by atoms with Gasteiger partial charge in [0.25, 0.3) is 5.91 Å². The predicted molar refractivity (Wildman–Crippen MR) is 72.1 cm³/mol. The summed E-state index contributed by atoms with van der Waals surface area (Å²) in [5, 5.41) is 11.9. The summed E-state index contributed by atoms with van der Waals surface area (Å²) in [5.74, 6) is -2.33. The van der Waals surface area contributed by atoms with Crippen molar-refractivity contribution in [1.29, 1.82) is 0 Å². The van der Waals surface area contributed by atoms with Crippen molar-refractivity contribution in [2.75, 3.05) is 0 Å². The quantitative estimate of drug-likeness (QED) is 0.894. The second-order valence-corrected chi connectivity index (χ2v) is 5.39. The topological polar surface area (TPSA) is 66.4 Å². The summed E-state index contributed by atoms with van der Waals surface area (Å²) < 4.78 is 13.8. The van der Waals surface area contributed by atoms with Crippen LogP contribution in [-0.2, 0) is 4.79 Å². The van der Waals surface area contributed by atoms with E-state index in [1.807, 2.05) is 0 Å². The van der Waals surface area contributed by atoms with Gasteiger partial charge in [-0.3, -0.25) is 4.79 Å². The monoisotopic (exact) mass is 279 g/mol. The van der Waals surface area contributed by atoms with E-state index < -0.39 is 23.2 Å². The third-order valence-corrected chi connectivity index (χ3v) is 3.84. The highest BCUT2D eigenvalue weighted by Crippen LogP contribution is 2.29. The summed E-state index contributed by atoms with van der Waals surface area (Å²) in [7, 11) is 0. The molecule has 2 rings (SSSR count). The zero-order chi connectivity index (χ0) is 14.8. The number of carbonyl (C=O) groups excluding carboxylic acids is 1. The van der Waals surface area contributed by atoms with Crippen LogP contribution in [0.4, 0.5) is 4.39 Å². The van der Waals surface area contributed by atoms with E-state index in [9.17, 15) is 19.1 Å². The highest BCUT2D eigenvalue weighted by atomic mass is 19.1. The van der Waals surface area contributed by atoms with Gasteiger partial charge in [-0.15, -0.1) is 0 Å². The zero-order valence-electron chi connectivity index (χ0n) is 11.4. The number of nitrogens with one attached hydrogen (secondary N) is 1. The predicted octanol–water partition coefficient (Wildman–Crippen LogP) is 2.65. The van der Waals surface area contributed by atoms with Gasteiger partial charge < -0.3 is 10.4 Å². The molecule has 0 aliphatic heterocycles. The van der Waals surface area contributed by atoms with Crippen LogP contribution in [-0.4, -0.2) is 22.5 Å². The Hall–Kier alpha value is -1.91. The fraction of sp³-hybridized carbons (Fsp3) is 0.467. The number of aryl methyl sites for hydroxylation is 1. The van der Waals surface area contributed by atoms with Crippen LogP contribution in [0.25, 0.3) is 0 Å². The van der Waals surface area contributed by atoms with Crippen molar-refractivity contribution >= 4 is 11.9 Å². The summed E-state index contributed by atoms with van der Waals surface area (Å²) in [6, 6.07) is 4.29. The highest BCUT2D eigenvalue weighted by molar-refractivity contribution is 5.98. The maximum atomic E-state index is 13.8. The molecule has 1 saturated carbocycles. The van der Waals surface area contributed by atoms with Gasteiger partial charge in [0.1, 0.15) is 11.4 Å². The molecular weight excluding hydrogens is 261 g/mol. The minimum Gasteiger partial charge on any atom is -0.480 e. The van der Waals surface area contributed by atoms with Gasteiger partial charge in [0.05, 0.1) is 5.56 Å². The van der Waals surface area contributed by atoms with Crippen LogP contribution >= 0.6 is 0 Å². The minimum absolute atomic E-state index is 0.109. The van der Waals surface area contributed by atoms with Crippen LogP contribution in [0.5, 0.6) is 0 Å². The zero-order valence-corrected chi connectivity index (χ0v) is 11.4. The van der Waals surface area contributed by atoms with E-state index in [4.69, 9.17) is 0 Å². The van der Waals surface area contributed by atoms with Crippen LogP contribution in [0.15, 0.2) is 18.2 Å². The Morgan fingerprint density at radius 1 is 1.25 bits per heavy atom. The summed E-state index contributed by atoms with van der Waals surface area (Å²) >= 11 is 0. The normalized spacial score (nSPS) is 17.5. The Labute approximate surface area is 117 Å². The molecule has 4 nitrogen and oxygen atoms in total. The Balaban J connectivity index is 2.22. The maximum absolute atomic E-state index is 13.8. The Morgan fingerprint density at radius 3 is 2.45 bits per heavy atom. The number of rotatable bonds is 3. The molecule has 1 aromatic rings. The smallest absolute Gasteiger partial charge is 0.329 e. The molecule has 0 aromatic heterocycles. The summed E-state index contributed by atoms with van der Waals surface area (Å²) in [6.07, 6.45) is 3.25. The van der Waals surface area contributed by atoms with Crippen LogP contribution in [0.2, 0.25) is 0 Å². The number of benzene rings is 1. The molecule has 1 aliphatic carbocycles. The lowest BCUT2D eigenvalue weighted by molar-refractivity contribution is -0.145. The van der Waals surface area contributed by atoms with E-state index >= 15 is 0 Å². The van der Waals surface area contributed by atoms with Gasteiger partial charge in [-0.2, -0.15) is 0 Å². The number of hydrogen-bond acceptors (Lipinski definition) is 2. The van der Waals surface area contributed by atoms with Crippen molar-refractivity contribution in [1.82, 2.24) is 5.32 Å². The molecule has 0 spiro atoms.